The number of primary sulfonamides is 1. The van der Waals surface area contributed by atoms with Crippen molar-refractivity contribution in [2.24, 2.45) is 5.14 Å². The fourth-order valence-corrected chi connectivity index (χ4v) is 3.17. The van der Waals surface area contributed by atoms with Gasteiger partial charge in [-0.25, -0.2) is 18.5 Å². The Hall–Kier alpha value is -2.48. The number of hydrogen-bond donors (Lipinski definition) is 1. The molecule has 2 aromatic rings. The normalized spacial score (nSPS) is 15.3. The second kappa shape index (κ2) is 5.86. The van der Waals surface area contributed by atoms with Gasteiger partial charge in [-0.3, -0.25) is 9.59 Å². The van der Waals surface area contributed by atoms with Crippen LogP contribution >= 0.6 is 11.6 Å². The van der Waals surface area contributed by atoms with Crippen molar-refractivity contribution in [2.45, 2.75) is 4.90 Å². The molecule has 6 nitrogen and oxygen atoms in total. The van der Waals surface area contributed by atoms with E-state index < -0.39 is 21.8 Å². The van der Waals surface area contributed by atoms with Gasteiger partial charge >= 0.3 is 0 Å². The lowest BCUT2D eigenvalue weighted by molar-refractivity contribution is -0.119. The number of imide groups is 1. The minimum Gasteiger partial charge on any atom is -0.268 e. The SMILES string of the molecule is NS(=O)(=O)c1ccc(N2C(=O)C(Cl)=C(c3ccccc3)C2=O)cc1. The van der Waals surface area contributed by atoms with E-state index >= 15 is 0 Å². The van der Waals surface area contributed by atoms with Gasteiger partial charge in [0.25, 0.3) is 11.8 Å². The van der Waals surface area contributed by atoms with Crippen molar-refractivity contribution in [3.8, 4) is 0 Å². The summed E-state index contributed by atoms with van der Waals surface area (Å²) < 4.78 is 22.6. The molecule has 0 saturated carbocycles. The first-order valence-corrected chi connectivity index (χ1v) is 8.70. The quantitative estimate of drug-likeness (QED) is 0.842. The molecule has 8 heteroatoms. The highest BCUT2D eigenvalue weighted by Crippen LogP contribution is 2.34. The van der Waals surface area contributed by atoms with Crippen molar-refractivity contribution in [3.63, 3.8) is 0 Å². The van der Waals surface area contributed by atoms with Gasteiger partial charge in [0.1, 0.15) is 5.03 Å². The maximum absolute atomic E-state index is 12.6. The van der Waals surface area contributed by atoms with Crippen LogP contribution in [0.2, 0.25) is 0 Å². The molecule has 1 heterocycles. The lowest BCUT2D eigenvalue weighted by Crippen LogP contribution is -2.31. The van der Waals surface area contributed by atoms with Crippen molar-refractivity contribution in [3.05, 3.63) is 65.2 Å². The predicted molar refractivity (Wildman–Crippen MR) is 89.5 cm³/mol. The molecule has 0 unspecified atom stereocenters. The summed E-state index contributed by atoms with van der Waals surface area (Å²) in [6.45, 7) is 0. The number of hydrogen-bond acceptors (Lipinski definition) is 4. The first-order chi connectivity index (χ1) is 11.3. The topological polar surface area (TPSA) is 97.5 Å². The van der Waals surface area contributed by atoms with Gasteiger partial charge in [-0.15, -0.1) is 0 Å². The highest BCUT2D eigenvalue weighted by molar-refractivity contribution is 7.89. The third kappa shape index (κ3) is 2.73. The van der Waals surface area contributed by atoms with Crippen molar-refractivity contribution in [1.82, 2.24) is 0 Å². The molecule has 1 aliphatic heterocycles. The molecule has 3 rings (SSSR count). The standard InChI is InChI=1S/C16H11ClN2O4S/c17-14-13(10-4-2-1-3-5-10)15(20)19(16(14)21)11-6-8-12(9-7-11)24(18,22)23/h1-9H,(H2,18,22,23). The number of nitrogens with zero attached hydrogens (tertiary/aromatic N) is 1. The fraction of sp³-hybridized carbons (Fsp3) is 0. The van der Waals surface area contributed by atoms with E-state index in [9.17, 15) is 18.0 Å². The van der Waals surface area contributed by atoms with E-state index in [1.807, 2.05) is 0 Å². The van der Waals surface area contributed by atoms with Crippen LogP contribution in [-0.2, 0) is 19.6 Å². The number of nitrogens with two attached hydrogens (primary N) is 1. The molecule has 24 heavy (non-hydrogen) atoms. The van der Waals surface area contributed by atoms with E-state index in [4.69, 9.17) is 16.7 Å². The molecule has 0 spiro atoms. The third-order valence-electron chi connectivity index (χ3n) is 3.51. The predicted octanol–water partition coefficient (Wildman–Crippen LogP) is 1.86. The zero-order valence-corrected chi connectivity index (χ0v) is 13.7. The van der Waals surface area contributed by atoms with Crippen molar-refractivity contribution >= 4 is 44.7 Å². The summed E-state index contributed by atoms with van der Waals surface area (Å²) in [6, 6.07) is 13.7. The van der Waals surface area contributed by atoms with Crippen LogP contribution in [-0.4, -0.2) is 20.2 Å². The van der Waals surface area contributed by atoms with Gasteiger partial charge in [0, 0.05) is 0 Å². The number of benzene rings is 2. The Morgan fingerprint density at radius 3 is 2.00 bits per heavy atom. The summed E-state index contributed by atoms with van der Waals surface area (Å²) in [7, 11) is -3.86. The van der Waals surface area contributed by atoms with Gasteiger partial charge in [-0.2, -0.15) is 0 Å². The number of carbonyl (C=O) groups excluding carboxylic acids is 2. The Morgan fingerprint density at radius 2 is 1.46 bits per heavy atom. The number of sulfonamides is 1. The lowest BCUT2D eigenvalue weighted by Gasteiger charge is -2.15. The summed E-state index contributed by atoms with van der Waals surface area (Å²) in [4.78, 5) is 25.8. The first-order valence-electron chi connectivity index (χ1n) is 6.77. The molecule has 0 radical (unpaired) electrons. The molecule has 0 aromatic heterocycles. The zero-order valence-electron chi connectivity index (χ0n) is 12.1. The van der Waals surface area contributed by atoms with E-state index in [-0.39, 0.29) is 21.2 Å². The largest absolute Gasteiger partial charge is 0.277 e. The van der Waals surface area contributed by atoms with Gasteiger partial charge in [-0.05, 0) is 29.8 Å². The van der Waals surface area contributed by atoms with Crippen LogP contribution in [0.25, 0.3) is 5.57 Å². The Kier molecular flexibility index (Phi) is 4.00. The van der Waals surface area contributed by atoms with Crippen molar-refractivity contribution in [1.29, 1.82) is 0 Å². The van der Waals surface area contributed by atoms with E-state index in [0.29, 0.717) is 5.56 Å². The minimum atomic E-state index is -3.86. The van der Waals surface area contributed by atoms with Crippen LogP contribution in [0.5, 0.6) is 0 Å². The summed E-state index contributed by atoms with van der Waals surface area (Å²) in [6.07, 6.45) is 0. The number of rotatable bonds is 3. The van der Waals surface area contributed by atoms with Crippen LogP contribution in [0.1, 0.15) is 5.56 Å². The molecule has 1 aliphatic rings. The second-order valence-corrected chi connectivity index (χ2v) is 6.98. The maximum Gasteiger partial charge on any atom is 0.277 e. The molecule has 2 aromatic carbocycles. The van der Waals surface area contributed by atoms with Gasteiger partial charge in [-0.1, -0.05) is 41.9 Å². The maximum atomic E-state index is 12.6. The molecule has 2 amide bonds. The van der Waals surface area contributed by atoms with Crippen LogP contribution in [0.3, 0.4) is 0 Å². The van der Waals surface area contributed by atoms with Gasteiger partial charge in [0.05, 0.1) is 16.2 Å². The van der Waals surface area contributed by atoms with Crippen molar-refractivity contribution < 1.29 is 18.0 Å². The molecule has 0 aliphatic carbocycles. The average molecular weight is 363 g/mol. The summed E-state index contributed by atoms with van der Waals surface area (Å²) in [5.41, 5.74) is 0.851. The summed E-state index contributed by atoms with van der Waals surface area (Å²) >= 11 is 6.06. The van der Waals surface area contributed by atoms with Crippen LogP contribution in [0.4, 0.5) is 5.69 Å². The lowest BCUT2D eigenvalue weighted by atomic mass is 10.1. The Bertz CT molecular complexity index is 967. The van der Waals surface area contributed by atoms with Crippen LogP contribution in [0, 0.1) is 0 Å². The Labute approximate surface area is 143 Å². The molecule has 122 valence electrons. The highest BCUT2D eigenvalue weighted by atomic mass is 35.5. The monoisotopic (exact) mass is 362 g/mol. The third-order valence-corrected chi connectivity index (χ3v) is 4.79. The number of amides is 2. The van der Waals surface area contributed by atoms with Crippen LogP contribution in [0.15, 0.2) is 64.5 Å². The number of halogens is 1. The summed E-state index contributed by atoms with van der Waals surface area (Å²) in [5, 5.41) is 4.85. The summed E-state index contributed by atoms with van der Waals surface area (Å²) in [5.74, 6) is -1.23. The van der Waals surface area contributed by atoms with Gasteiger partial charge < -0.3 is 0 Å². The second-order valence-electron chi connectivity index (χ2n) is 5.04. The molecular weight excluding hydrogens is 352 g/mol. The molecule has 0 atom stereocenters. The van der Waals surface area contributed by atoms with E-state index in [1.54, 1.807) is 30.3 Å². The fourth-order valence-electron chi connectivity index (χ4n) is 2.38. The van der Waals surface area contributed by atoms with Crippen LogP contribution < -0.4 is 10.0 Å². The van der Waals surface area contributed by atoms with E-state index in [0.717, 1.165) is 4.90 Å². The highest BCUT2D eigenvalue weighted by Gasteiger charge is 2.39. The zero-order chi connectivity index (χ0) is 17.5. The molecule has 2 N–H and O–H groups in total. The molecule has 0 bridgehead atoms. The van der Waals surface area contributed by atoms with E-state index in [1.165, 1.54) is 24.3 Å². The molecule has 0 fully saturated rings. The number of carbonyl (C=O) groups is 2. The Morgan fingerprint density at radius 1 is 0.875 bits per heavy atom. The van der Waals surface area contributed by atoms with Gasteiger partial charge in [0.2, 0.25) is 10.0 Å². The Balaban J connectivity index is 2.00. The molecule has 0 saturated heterocycles. The van der Waals surface area contributed by atoms with E-state index in [2.05, 4.69) is 0 Å². The van der Waals surface area contributed by atoms with Gasteiger partial charge in [0.15, 0.2) is 0 Å². The smallest absolute Gasteiger partial charge is 0.268 e. The first kappa shape index (κ1) is 16.4. The average Bonchev–Trinajstić information content (AvgIpc) is 2.77. The molecular formula is C16H11ClN2O4S. The minimum absolute atomic E-state index is 0.109. The number of anilines is 1. The van der Waals surface area contributed by atoms with Crippen molar-refractivity contribution in [2.75, 3.05) is 4.90 Å².